The maximum atomic E-state index is 12.9. The van der Waals surface area contributed by atoms with E-state index in [4.69, 9.17) is 9.47 Å². The van der Waals surface area contributed by atoms with E-state index in [9.17, 15) is 4.79 Å². The number of thiazole rings is 1. The minimum atomic E-state index is -0.248. The summed E-state index contributed by atoms with van der Waals surface area (Å²) < 4.78 is 14.5. The highest BCUT2D eigenvalue weighted by Gasteiger charge is 2.11. The van der Waals surface area contributed by atoms with Crippen LogP contribution >= 0.6 is 11.3 Å². The number of hydrogen-bond donors (Lipinski definition) is 0. The molecule has 0 unspecified atom stereocenters. The first-order chi connectivity index (χ1) is 15.0. The third kappa shape index (κ3) is 6.05. The minimum Gasteiger partial charge on any atom is -0.494 e. The van der Waals surface area contributed by atoms with E-state index >= 15 is 0 Å². The van der Waals surface area contributed by atoms with Crippen molar-refractivity contribution in [3.8, 4) is 5.75 Å². The van der Waals surface area contributed by atoms with Gasteiger partial charge in [0.2, 0.25) is 0 Å². The van der Waals surface area contributed by atoms with Gasteiger partial charge in [0.05, 0.1) is 23.4 Å². The van der Waals surface area contributed by atoms with Crippen molar-refractivity contribution in [2.24, 2.45) is 4.99 Å². The van der Waals surface area contributed by atoms with Gasteiger partial charge in [-0.2, -0.15) is 4.99 Å². The Morgan fingerprint density at radius 1 is 1.03 bits per heavy atom. The lowest BCUT2D eigenvalue weighted by molar-refractivity contribution is 0.0996. The Hall–Kier alpha value is -2.44. The zero-order chi connectivity index (χ0) is 22.2. The second-order valence-corrected chi connectivity index (χ2v) is 8.64. The summed E-state index contributed by atoms with van der Waals surface area (Å²) in [5, 5.41) is 0. The molecule has 3 rings (SSSR count). The van der Waals surface area contributed by atoms with Gasteiger partial charge in [-0.15, -0.1) is 0 Å². The molecule has 0 bridgehead atoms. The van der Waals surface area contributed by atoms with Gasteiger partial charge in [0, 0.05) is 18.7 Å². The molecule has 1 amide bonds. The average Bonchev–Trinajstić information content (AvgIpc) is 3.08. The summed E-state index contributed by atoms with van der Waals surface area (Å²) in [6.07, 6.45) is 3.37. The van der Waals surface area contributed by atoms with Crippen LogP contribution in [0.3, 0.4) is 0 Å². The highest BCUT2D eigenvalue weighted by atomic mass is 32.1. The van der Waals surface area contributed by atoms with Gasteiger partial charge in [-0.1, -0.05) is 31.1 Å². The number of hydrogen-bond acceptors (Lipinski definition) is 4. The average molecular weight is 441 g/mol. The second kappa shape index (κ2) is 11.3. The van der Waals surface area contributed by atoms with Crippen LogP contribution in [0, 0.1) is 13.8 Å². The maximum absolute atomic E-state index is 12.9. The van der Waals surface area contributed by atoms with Crippen molar-refractivity contribution in [1.82, 2.24) is 4.57 Å². The third-order valence-corrected chi connectivity index (χ3v) is 6.32. The molecule has 0 fully saturated rings. The summed E-state index contributed by atoms with van der Waals surface area (Å²) in [4.78, 5) is 18.0. The Morgan fingerprint density at radius 3 is 2.48 bits per heavy atom. The van der Waals surface area contributed by atoms with Crippen molar-refractivity contribution in [1.29, 1.82) is 0 Å². The predicted octanol–water partition coefficient (Wildman–Crippen LogP) is 5.67. The Kier molecular flexibility index (Phi) is 8.43. The minimum absolute atomic E-state index is 0.248. The molecule has 0 radical (unpaired) electrons. The molecule has 31 heavy (non-hydrogen) atoms. The lowest BCUT2D eigenvalue weighted by atomic mass is 10.1. The zero-order valence-electron chi connectivity index (χ0n) is 18.9. The van der Waals surface area contributed by atoms with Gasteiger partial charge in [-0.25, -0.2) is 0 Å². The lowest BCUT2D eigenvalue weighted by Crippen LogP contribution is -2.19. The molecule has 6 heteroatoms. The van der Waals surface area contributed by atoms with Gasteiger partial charge in [0.25, 0.3) is 5.91 Å². The fourth-order valence-corrected chi connectivity index (χ4v) is 4.44. The smallest absolute Gasteiger partial charge is 0.279 e. The summed E-state index contributed by atoms with van der Waals surface area (Å²) in [5.41, 5.74) is 4.11. The molecule has 0 atom stereocenters. The van der Waals surface area contributed by atoms with Crippen molar-refractivity contribution in [3.05, 3.63) is 57.9 Å². The molecule has 0 N–H and O–H groups in total. The van der Waals surface area contributed by atoms with Crippen molar-refractivity contribution in [2.75, 3.05) is 19.8 Å². The number of carbonyl (C=O) groups excluding carboxylic acids is 1. The molecule has 0 aliphatic carbocycles. The van der Waals surface area contributed by atoms with Crippen LogP contribution in [0.4, 0.5) is 0 Å². The number of benzene rings is 2. The largest absolute Gasteiger partial charge is 0.494 e. The Morgan fingerprint density at radius 2 is 1.77 bits per heavy atom. The monoisotopic (exact) mass is 440 g/mol. The molecule has 1 heterocycles. The molecule has 0 saturated heterocycles. The number of aromatic nitrogens is 1. The standard InChI is InChI=1S/C25H32N2O3S/c1-5-7-8-14-30-21-11-9-20(10-12-21)24(28)26-25-27(13-15-29-6-2)22-16-18(3)19(4)17-23(22)31-25/h9-12,16-17H,5-8,13-15H2,1-4H3. The van der Waals surface area contributed by atoms with Gasteiger partial charge in [0.15, 0.2) is 4.80 Å². The van der Waals surface area contributed by atoms with Gasteiger partial charge in [-0.05, 0) is 74.7 Å². The number of aryl methyl sites for hydroxylation is 2. The van der Waals surface area contributed by atoms with Crippen LogP contribution in [0.15, 0.2) is 41.4 Å². The first kappa shape index (κ1) is 23.2. The highest BCUT2D eigenvalue weighted by molar-refractivity contribution is 7.16. The lowest BCUT2D eigenvalue weighted by Gasteiger charge is -2.07. The SMILES string of the molecule is CCCCCOc1ccc(C(=O)N=c2sc3cc(C)c(C)cc3n2CCOCC)cc1. The van der Waals surface area contributed by atoms with Gasteiger partial charge in [0.1, 0.15) is 5.75 Å². The number of ether oxygens (including phenoxy) is 2. The Balaban J connectivity index is 1.86. The van der Waals surface area contributed by atoms with E-state index in [1.54, 1.807) is 23.5 Å². The summed E-state index contributed by atoms with van der Waals surface area (Å²) in [5.74, 6) is 0.537. The first-order valence-corrected chi connectivity index (χ1v) is 11.8. The molecule has 0 aliphatic heterocycles. The van der Waals surface area contributed by atoms with Gasteiger partial charge >= 0.3 is 0 Å². The van der Waals surface area contributed by atoms with Gasteiger partial charge in [-0.3, -0.25) is 4.79 Å². The third-order valence-electron chi connectivity index (χ3n) is 5.28. The van der Waals surface area contributed by atoms with Gasteiger partial charge < -0.3 is 14.0 Å². The molecular formula is C25H32N2O3S. The van der Waals surface area contributed by atoms with Crippen LogP contribution in [-0.2, 0) is 11.3 Å². The van der Waals surface area contributed by atoms with Crippen LogP contribution in [-0.4, -0.2) is 30.3 Å². The molecule has 5 nitrogen and oxygen atoms in total. The summed E-state index contributed by atoms with van der Waals surface area (Å²) in [6.45, 7) is 11.0. The van der Waals surface area contributed by atoms with Crippen LogP contribution in [0.5, 0.6) is 5.75 Å². The number of rotatable bonds is 10. The molecule has 0 saturated carbocycles. The summed E-state index contributed by atoms with van der Waals surface area (Å²) in [6, 6.07) is 11.6. The highest BCUT2D eigenvalue weighted by Crippen LogP contribution is 2.22. The fourth-order valence-electron chi connectivity index (χ4n) is 3.31. The zero-order valence-corrected chi connectivity index (χ0v) is 19.8. The molecule has 166 valence electrons. The molecular weight excluding hydrogens is 408 g/mol. The quantitative estimate of drug-likeness (QED) is 0.382. The van der Waals surface area contributed by atoms with E-state index in [0.29, 0.717) is 36.7 Å². The molecule has 0 spiro atoms. The fraction of sp³-hybridized carbons (Fsp3) is 0.440. The number of carbonyl (C=O) groups is 1. The van der Waals surface area contributed by atoms with Crippen molar-refractivity contribution in [2.45, 2.75) is 53.5 Å². The summed E-state index contributed by atoms with van der Waals surface area (Å²) >= 11 is 1.54. The van der Waals surface area contributed by atoms with Crippen molar-refractivity contribution < 1.29 is 14.3 Å². The number of amides is 1. The van der Waals surface area contributed by atoms with E-state index in [2.05, 4.69) is 42.5 Å². The molecule has 0 aliphatic rings. The Labute approximate surface area is 188 Å². The maximum Gasteiger partial charge on any atom is 0.279 e. The predicted molar refractivity (Wildman–Crippen MR) is 127 cm³/mol. The van der Waals surface area contributed by atoms with E-state index < -0.39 is 0 Å². The number of nitrogens with zero attached hydrogens (tertiary/aromatic N) is 2. The van der Waals surface area contributed by atoms with E-state index in [-0.39, 0.29) is 5.91 Å². The number of unbranched alkanes of at least 4 members (excludes halogenated alkanes) is 2. The normalized spacial score (nSPS) is 11.9. The van der Waals surface area contributed by atoms with Crippen LogP contribution < -0.4 is 9.54 Å². The molecule has 1 aromatic heterocycles. The van der Waals surface area contributed by atoms with Crippen LogP contribution in [0.1, 0.15) is 54.6 Å². The van der Waals surface area contributed by atoms with Crippen LogP contribution in [0.25, 0.3) is 10.2 Å². The molecule has 3 aromatic rings. The van der Waals surface area contributed by atoms with Crippen LogP contribution in [0.2, 0.25) is 0 Å². The first-order valence-electron chi connectivity index (χ1n) is 11.0. The van der Waals surface area contributed by atoms with E-state index in [0.717, 1.165) is 28.8 Å². The van der Waals surface area contributed by atoms with E-state index in [1.807, 2.05) is 19.1 Å². The van der Waals surface area contributed by atoms with Crippen molar-refractivity contribution >= 4 is 27.5 Å². The van der Waals surface area contributed by atoms with Crippen molar-refractivity contribution in [3.63, 3.8) is 0 Å². The summed E-state index contributed by atoms with van der Waals surface area (Å²) in [7, 11) is 0. The topological polar surface area (TPSA) is 52.8 Å². The Bertz CT molecular complexity index is 1080. The second-order valence-electron chi connectivity index (χ2n) is 7.63. The van der Waals surface area contributed by atoms with E-state index in [1.165, 1.54) is 17.5 Å². The number of fused-ring (bicyclic) bond motifs is 1. The molecule has 2 aromatic carbocycles.